The van der Waals surface area contributed by atoms with E-state index in [2.05, 4.69) is 10.2 Å². The van der Waals surface area contributed by atoms with Crippen molar-refractivity contribution in [3.63, 3.8) is 0 Å². The number of anilines is 1. The number of carbonyl (C=O) groups is 2. The van der Waals surface area contributed by atoms with Crippen molar-refractivity contribution in [1.82, 2.24) is 5.32 Å². The van der Waals surface area contributed by atoms with Gasteiger partial charge in [0, 0.05) is 24.8 Å². The van der Waals surface area contributed by atoms with Gasteiger partial charge in [-0.2, -0.15) is 26.3 Å². The molecule has 174 valence electrons. The number of hydrogen-bond acceptors (Lipinski definition) is 3. The summed E-state index contributed by atoms with van der Waals surface area (Å²) in [4.78, 5) is 22.9. The predicted molar refractivity (Wildman–Crippen MR) is 107 cm³/mol. The first-order chi connectivity index (χ1) is 15.0. The summed E-state index contributed by atoms with van der Waals surface area (Å²) in [6.07, 6.45) is -7.83. The van der Waals surface area contributed by atoms with E-state index in [4.69, 9.17) is 4.79 Å². The van der Waals surface area contributed by atoms with Gasteiger partial charge in [0.25, 0.3) is 0 Å². The number of benzene rings is 2. The minimum atomic E-state index is -4.64. The number of alkyl halides is 6. The third-order valence-corrected chi connectivity index (χ3v) is 4.78. The second-order valence-corrected chi connectivity index (χ2v) is 7.16. The first kappa shape index (κ1) is 25.2. The summed E-state index contributed by atoms with van der Waals surface area (Å²) in [7, 11) is 0. The van der Waals surface area contributed by atoms with Crippen LogP contribution in [-0.4, -0.2) is 37.5 Å². The number of halogens is 6. The molecule has 4 nitrogen and oxygen atoms in total. The number of carbonyl (C=O) groups excluding carboxylic acids is 2. The van der Waals surface area contributed by atoms with Crippen LogP contribution in [0.2, 0.25) is 0 Å². The molecule has 0 unspecified atom stereocenters. The number of amides is 1. The summed E-state index contributed by atoms with van der Waals surface area (Å²) in [5.74, 6) is -0.0459. The molecule has 10 heteroatoms. The lowest BCUT2D eigenvalue weighted by molar-refractivity contribution is -0.156. The molecule has 1 saturated heterocycles. The van der Waals surface area contributed by atoms with Crippen molar-refractivity contribution < 1.29 is 35.9 Å². The fourth-order valence-corrected chi connectivity index (χ4v) is 3.31. The van der Waals surface area contributed by atoms with E-state index in [-0.39, 0.29) is 11.9 Å². The Morgan fingerprint density at radius 2 is 1.59 bits per heavy atom. The average Bonchev–Trinajstić information content (AvgIpc) is 3.21. The van der Waals surface area contributed by atoms with Crippen LogP contribution in [0, 0.1) is 0 Å². The van der Waals surface area contributed by atoms with Gasteiger partial charge in [-0.3, -0.25) is 9.59 Å². The van der Waals surface area contributed by atoms with Crippen LogP contribution in [0.5, 0.6) is 0 Å². The van der Waals surface area contributed by atoms with E-state index in [1.165, 1.54) is 12.1 Å². The molecule has 2 aromatic rings. The highest BCUT2D eigenvalue weighted by atomic mass is 19.4. The summed E-state index contributed by atoms with van der Waals surface area (Å²) >= 11 is 0. The molecule has 3 rings (SSSR count). The van der Waals surface area contributed by atoms with Crippen molar-refractivity contribution in [3.05, 3.63) is 65.7 Å². The van der Waals surface area contributed by atoms with E-state index in [0.717, 1.165) is 42.8 Å². The maximum Gasteiger partial charge on any atom is 0.446 e. The van der Waals surface area contributed by atoms with E-state index in [9.17, 15) is 31.1 Å². The molecule has 0 aliphatic carbocycles. The maximum atomic E-state index is 12.7. The van der Waals surface area contributed by atoms with E-state index < -0.39 is 24.2 Å². The molecule has 0 aromatic heterocycles. The number of rotatable bonds is 5. The van der Waals surface area contributed by atoms with Gasteiger partial charge in [0.15, 0.2) is 0 Å². The van der Waals surface area contributed by atoms with E-state index in [1.54, 1.807) is 0 Å². The number of nitrogens with one attached hydrogen (secondary N) is 1. The summed E-state index contributed by atoms with van der Waals surface area (Å²) in [6, 6.07) is 14.8. The maximum absolute atomic E-state index is 12.7. The van der Waals surface area contributed by atoms with Gasteiger partial charge in [0.05, 0.1) is 12.0 Å². The van der Waals surface area contributed by atoms with Crippen molar-refractivity contribution >= 4 is 17.9 Å². The first-order valence-electron chi connectivity index (χ1n) is 9.77. The van der Waals surface area contributed by atoms with Crippen LogP contribution in [0.15, 0.2) is 54.6 Å². The SMILES string of the molecule is O=C(Cc1ccccc1)NC[C@H]1CCCN1c1ccc(C(F)(F)F)cc1.O=CC(F)(F)F. The Kier molecular flexibility index (Phi) is 8.68. The third-order valence-electron chi connectivity index (χ3n) is 4.78. The highest BCUT2D eigenvalue weighted by molar-refractivity contribution is 5.78. The van der Waals surface area contributed by atoms with Gasteiger partial charge < -0.3 is 10.2 Å². The molecule has 0 bridgehead atoms. The summed E-state index contributed by atoms with van der Waals surface area (Å²) in [5, 5.41) is 2.95. The molecular formula is C22H22F6N2O2. The van der Waals surface area contributed by atoms with Crippen molar-refractivity contribution in [1.29, 1.82) is 0 Å². The highest BCUT2D eigenvalue weighted by Gasteiger charge is 2.31. The standard InChI is InChI=1S/C20H21F3N2O.C2HF3O/c21-20(22,23)16-8-10-17(11-9-16)25-12-4-7-18(25)14-24-19(26)13-15-5-2-1-3-6-15;3-2(4,5)1-6/h1-3,5-6,8-11,18H,4,7,12-14H2,(H,24,26);1H/t18-;/m1./s1. The fraction of sp³-hybridized carbons (Fsp3) is 0.364. The zero-order valence-electron chi connectivity index (χ0n) is 16.9. The highest BCUT2D eigenvalue weighted by Crippen LogP contribution is 2.32. The number of aldehydes is 1. The Bertz CT molecular complexity index is 867. The van der Waals surface area contributed by atoms with Crippen molar-refractivity contribution in [2.75, 3.05) is 18.0 Å². The Morgan fingerprint density at radius 3 is 2.12 bits per heavy atom. The van der Waals surface area contributed by atoms with Crippen LogP contribution in [0.4, 0.5) is 32.0 Å². The zero-order valence-corrected chi connectivity index (χ0v) is 16.9. The summed E-state index contributed by atoms with van der Waals surface area (Å²) < 4.78 is 69.4. The largest absolute Gasteiger partial charge is 0.446 e. The number of hydrogen-bond donors (Lipinski definition) is 1. The quantitative estimate of drug-likeness (QED) is 0.516. The van der Waals surface area contributed by atoms with Gasteiger partial charge in [0.1, 0.15) is 0 Å². The summed E-state index contributed by atoms with van der Waals surface area (Å²) in [5.41, 5.74) is 1.07. The second-order valence-electron chi connectivity index (χ2n) is 7.16. The Morgan fingerprint density at radius 1 is 1.00 bits per heavy atom. The van der Waals surface area contributed by atoms with Gasteiger partial charge >= 0.3 is 12.4 Å². The van der Waals surface area contributed by atoms with Crippen LogP contribution < -0.4 is 10.2 Å². The minimum Gasteiger partial charge on any atom is -0.367 e. The molecular weight excluding hydrogens is 438 g/mol. The van der Waals surface area contributed by atoms with Crippen LogP contribution in [0.3, 0.4) is 0 Å². The molecule has 1 aliphatic heterocycles. The molecule has 2 aromatic carbocycles. The van der Waals surface area contributed by atoms with Crippen LogP contribution in [0.25, 0.3) is 0 Å². The topological polar surface area (TPSA) is 49.4 Å². The minimum absolute atomic E-state index is 0.0459. The molecule has 1 atom stereocenters. The molecule has 1 N–H and O–H groups in total. The second kappa shape index (κ2) is 11.0. The molecule has 1 fully saturated rings. The number of nitrogens with zero attached hydrogens (tertiary/aromatic N) is 1. The lowest BCUT2D eigenvalue weighted by Crippen LogP contribution is -2.40. The van der Waals surface area contributed by atoms with Gasteiger partial charge in [0.2, 0.25) is 12.2 Å². The monoisotopic (exact) mass is 460 g/mol. The van der Waals surface area contributed by atoms with E-state index >= 15 is 0 Å². The van der Waals surface area contributed by atoms with Crippen LogP contribution in [-0.2, 0) is 22.2 Å². The van der Waals surface area contributed by atoms with Crippen LogP contribution >= 0.6 is 0 Å². The first-order valence-corrected chi connectivity index (χ1v) is 9.77. The lowest BCUT2D eigenvalue weighted by Gasteiger charge is -2.27. The fourth-order valence-electron chi connectivity index (χ4n) is 3.31. The molecule has 32 heavy (non-hydrogen) atoms. The molecule has 0 saturated carbocycles. The van der Waals surface area contributed by atoms with Crippen molar-refractivity contribution in [3.8, 4) is 0 Å². The van der Waals surface area contributed by atoms with Gasteiger partial charge in [-0.05, 0) is 42.7 Å². The van der Waals surface area contributed by atoms with Crippen molar-refractivity contribution in [2.45, 2.75) is 37.7 Å². The molecule has 0 radical (unpaired) electrons. The summed E-state index contributed by atoms with van der Waals surface area (Å²) in [6.45, 7) is 1.28. The predicted octanol–water partition coefficient (Wildman–Crippen LogP) is 4.78. The third kappa shape index (κ3) is 8.24. The Hall–Kier alpha value is -3.04. The molecule has 0 spiro atoms. The Labute approximate surface area is 181 Å². The zero-order chi connectivity index (χ0) is 23.8. The smallest absolute Gasteiger partial charge is 0.367 e. The normalized spacial score (nSPS) is 16.2. The van der Waals surface area contributed by atoms with E-state index in [1.807, 2.05) is 30.3 Å². The lowest BCUT2D eigenvalue weighted by atomic mass is 10.1. The Balaban J connectivity index is 0.000000534. The van der Waals surface area contributed by atoms with E-state index in [0.29, 0.717) is 13.0 Å². The van der Waals surface area contributed by atoms with Crippen molar-refractivity contribution in [2.24, 2.45) is 0 Å². The average molecular weight is 460 g/mol. The van der Waals surface area contributed by atoms with Gasteiger partial charge in [-0.1, -0.05) is 30.3 Å². The van der Waals surface area contributed by atoms with Gasteiger partial charge in [-0.15, -0.1) is 0 Å². The van der Waals surface area contributed by atoms with Gasteiger partial charge in [-0.25, -0.2) is 0 Å². The molecule has 1 aliphatic rings. The molecule has 1 heterocycles. The van der Waals surface area contributed by atoms with Crippen LogP contribution in [0.1, 0.15) is 24.0 Å². The molecule has 1 amide bonds.